The number of hydrogen-bond acceptors (Lipinski definition) is 3. The summed E-state index contributed by atoms with van der Waals surface area (Å²) in [6.07, 6.45) is 3.16. The SMILES string of the molecule is CCN1CCCC(CN)(CC(=O)O)CC1. The van der Waals surface area contributed by atoms with Gasteiger partial charge in [0.15, 0.2) is 0 Å². The molecule has 0 saturated carbocycles. The van der Waals surface area contributed by atoms with Gasteiger partial charge in [0, 0.05) is 0 Å². The Morgan fingerprint density at radius 3 is 2.73 bits per heavy atom. The van der Waals surface area contributed by atoms with Crippen molar-refractivity contribution in [1.82, 2.24) is 4.90 Å². The highest BCUT2D eigenvalue weighted by Gasteiger charge is 2.33. The maximum atomic E-state index is 10.8. The third-order valence-corrected chi connectivity index (χ3v) is 3.55. The minimum atomic E-state index is -0.717. The van der Waals surface area contributed by atoms with Crippen LogP contribution in [0.2, 0.25) is 0 Å². The van der Waals surface area contributed by atoms with Crippen LogP contribution in [0, 0.1) is 5.41 Å². The van der Waals surface area contributed by atoms with E-state index in [0.717, 1.165) is 38.9 Å². The molecule has 4 nitrogen and oxygen atoms in total. The molecule has 1 aliphatic rings. The number of carbonyl (C=O) groups is 1. The van der Waals surface area contributed by atoms with Gasteiger partial charge < -0.3 is 15.7 Å². The maximum Gasteiger partial charge on any atom is 0.303 e. The molecular formula is C11H22N2O2. The lowest BCUT2D eigenvalue weighted by Gasteiger charge is -2.29. The van der Waals surface area contributed by atoms with E-state index in [4.69, 9.17) is 10.8 Å². The van der Waals surface area contributed by atoms with Gasteiger partial charge >= 0.3 is 5.97 Å². The largest absolute Gasteiger partial charge is 0.481 e. The van der Waals surface area contributed by atoms with E-state index < -0.39 is 5.97 Å². The Hall–Kier alpha value is -0.610. The molecule has 3 N–H and O–H groups in total. The van der Waals surface area contributed by atoms with Crippen molar-refractivity contribution in [3.63, 3.8) is 0 Å². The van der Waals surface area contributed by atoms with Crippen molar-refractivity contribution in [2.24, 2.45) is 11.1 Å². The Morgan fingerprint density at radius 1 is 1.47 bits per heavy atom. The number of nitrogens with two attached hydrogens (primary N) is 1. The summed E-state index contributed by atoms with van der Waals surface area (Å²) in [7, 11) is 0. The minimum absolute atomic E-state index is 0.157. The topological polar surface area (TPSA) is 66.6 Å². The van der Waals surface area contributed by atoms with Crippen LogP contribution in [0.4, 0.5) is 0 Å². The van der Waals surface area contributed by atoms with Crippen LogP contribution in [0.3, 0.4) is 0 Å². The summed E-state index contributed by atoms with van der Waals surface area (Å²) in [6.45, 7) is 5.76. The van der Waals surface area contributed by atoms with Gasteiger partial charge in [-0.1, -0.05) is 6.92 Å². The van der Waals surface area contributed by atoms with E-state index in [-0.39, 0.29) is 11.8 Å². The van der Waals surface area contributed by atoms with Gasteiger partial charge in [0.25, 0.3) is 0 Å². The molecule has 88 valence electrons. The van der Waals surface area contributed by atoms with Crippen molar-refractivity contribution in [2.45, 2.75) is 32.6 Å². The van der Waals surface area contributed by atoms with Crippen molar-refractivity contribution >= 4 is 5.97 Å². The summed E-state index contributed by atoms with van der Waals surface area (Å²) in [5.74, 6) is -0.717. The smallest absolute Gasteiger partial charge is 0.303 e. The third-order valence-electron chi connectivity index (χ3n) is 3.55. The molecule has 1 saturated heterocycles. The standard InChI is InChI=1S/C11H22N2O2/c1-2-13-6-3-4-11(9-12,5-7-13)8-10(14)15/h2-9,12H2,1H3,(H,14,15). The highest BCUT2D eigenvalue weighted by Crippen LogP contribution is 2.33. The molecule has 1 heterocycles. The van der Waals surface area contributed by atoms with Crippen LogP contribution in [-0.4, -0.2) is 42.2 Å². The second-order valence-corrected chi connectivity index (χ2v) is 4.56. The molecule has 0 aromatic heterocycles. The zero-order valence-corrected chi connectivity index (χ0v) is 9.54. The van der Waals surface area contributed by atoms with Crippen molar-refractivity contribution in [3.8, 4) is 0 Å². The lowest BCUT2D eigenvalue weighted by Crippen LogP contribution is -2.34. The van der Waals surface area contributed by atoms with Gasteiger partial charge in [-0.15, -0.1) is 0 Å². The fourth-order valence-corrected chi connectivity index (χ4v) is 2.40. The summed E-state index contributed by atoms with van der Waals surface area (Å²) < 4.78 is 0. The monoisotopic (exact) mass is 214 g/mol. The third kappa shape index (κ3) is 3.47. The molecule has 1 rings (SSSR count). The Balaban J connectivity index is 2.61. The fraction of sp³-hybridized carbons (Fsp3) is 0.909. The number of carboxylic acids is 1. The molecule has 1 atom stereocenters. The number of aliphatic carboxylic acids is 1. The van der Waals surface area contributed by atoms with Gasteiger partial charge in [0.1, 0.15) is 0 Å². The van der Waals surface area contributed by atoms with E-state index in [1.165, 1.54) is 0 Å². The number of rotatable bonds is 4. The molecule has 0 radical (unpaired) electrons. The molecular weight excluding hydrogens is 192 g/mol. The first-order chi connectivity index (χ1) is 7.12. The lowest BCUT2D eigenvalue weighted by atomic mass is 9.78. The van der Waals surface area contributed by atoms with Crippen LogP contribution < -0.4 is 5.73 Å². The van der Waals surface area contributed by atoms with E-state index in [0.29, 0.717) is 6.54 Å². The first-order valence-electron chi connectivity index (χ1n) is 5.76. The number of carboxylic acid groups (broad SMARTS) is 1. The van der Waals surface area contributed by atoms with Crippen LogP contribution in [-0.2, 0) is 4.79 Å². The molecule has 0 aromatic carbocycles. The first-order valence-corrected chi connectivity index (χ1v) is 5.76. The van der Waals surface area contributed by atoms with Crippen LogP contribution in [0.25, 0.3) is 0 Å². The van der Waals surface area contributed by atoms with Crippen molar-refractivity contribution < 1.29 is 9.90 Å². The Morgan fingerprint density at radius 2 is 2.20 bits per heavy atom. The number of nitrogens with zero attached hydrogens (tertiary/aromatic N) is 1. The van der Waals surface area contributed by atoms with Gasteiger partial charge in [-0.25, -0.2) is 0 Å². The van der Waals surface area contributed by atoms with E-state index in [1.54, 1.807) is 0 Å². The average molecular weight is 214 g/mol. The Kier molecular flexibility index (Phi) is 4.54. The molecule has 0 aromatic rings. The van der Waals surface area contributed by atoms with Gasteiger partial charge in [0.2, 0.25) is 0 Å². The van der Waals surface area contributed by atoms with Gasteiger partial charge in [0.05, 0.1) is 6.42 Å². The summed E-state index contributed by atoms with van der Waals surface area (Å²) >= 11 is 0. The molecule has 0 bridgehead atoms. The molecule has 0 spiro atoms. The van der Waals surface area contributed by atoms with Crippen LogP contribution in [0.1, 0.15) is 32.6 Å². The maximum absolute atomic E-state index is 10.8. The number of likely N-dealkylation sites (tertiary alicyclic amines) is 1. The lowest BCUT2D eigenvalue weighted by molar-refractivity contribution is -0.139. The molecule has 1 unspecified atom stereocenters. The summed E-state index contributed by atoms with van der Waals surface area (Å²) in [5, 5.41) is 8.91. The molecule has 0 aliphatic carbocycles. The first kappa shape index (κ1) is 12.5. The number of hydrogen-bond donors (Lipinski definition) is 2. The molecule has 0 amide bonds. The normalized spacial score (nSPS) is 28.7. The van der Waals surface area contributed by atoms with Gasteiger partial charge in [-0.3, -0.25) is 4.79 Å². The van der Waals surface area contributed by atoms with Crippen LogP contribution in [0.15, 0.2) is 0 Å². The molecule has 1 fully saturated rings. The predicted molar refractivity (Wildman–Crippen MR) is 59.7 cm³/mol. The second kappa shape index (κ2) is 5.47. The van der Waals surface area contributed by atoms with Crippen LogP contribution in [0.5, 0.6) is 0 Å². The van der Waals surface area contributed by atoms with Crippen molar-refractivity contribution in [2.75, 3.05) is 26.2 Å². The zero-order valence-electron chi connectivity index (χ0n) is 9.54. The summed E-state index contributed by atoms with van der Waals surface area (Å²) in [6, 6.07) is 0. The van der Waals surface area contributed by atoms with Crippen molar-refractivity contribution in [3.05, 3.63) is 0 Å². The average Bonchev–Trinajstić information content (AvgIpc) is 2.40. The second-order valence-electron chi connectivity index (χ2n) is 4.56. The summed E-state index contributed by atoms with van der Waals surface area (Å²) in [4.78, 5) is 13.2. The van der Waals surface area contributed by atoms with E-state index in [2.05, 4.69) is 11.8 Å². The van der Waals surface area contributed by atoms with E-state index in [9.17, 15) is 4.79 Å². The van der Waals surface area contributed by atoms with Gasteiger partial charge in [-0.05, 0) is 50.9 Å². The van der Waals surface area contributed by atoms with Crippen molar-refractivity contribution in [1.29, 1.82) is 0 Å². The van der Waals surface area contributed by atoms with Crippen LogP contribution >= 0.6 is 0 Å². The quantitative estimate of drug-likeness (QED) is 0.730. The Labute approximate surface area is 91.4 Å². The predicted octanol–water partition coefficient (Wildman–Crippen LogP) is 0.912. The Bertz CT molecular complexity index is 221. The molecule has 15 heavy (non-hydrogen) atoms. The highest BCUT2D eigenvalue weighted by atomic mass is 16.4. The van der Waals surface area contributed by atoms with E-state index >= 15 is 0 Å². The summed E-state index contributed by atoms with van der Waals surface area (Å²) in [5.41, 5.74) is 5.60. The molecule has 4 heteroatoms. The minimum Gasteiger partial charge on any atom is -0.481 e. The molecule has 1 aliphatic heterocycles. The highest BCUT2D eigenvalue weighted by molar-refractivity contribution is 5.67. The fourth-order valence-electron chi connectivity index (χ4n) is 2.40. The zero-order chi connectivity index (χ0) is 11.3. The van der Waals surface area contributed by atoms with Gasteiger partial charge in [-0.2, -0.15) is 0 Å². The van der Waals surface area contributed by atoms with E-state index in [1.807, 2.05) is 0 Å².